The topological polar surface area (TPSA) is 205 Å². The molecule has 0 saturated carbocycles. The van der Waals surface area contributed by atoms with Crippen molar-refractivity contribution >= 4 is 29.8 Å². The number of methoxy groups -OCH3 is 1. The Bertz CT molecular complexity index is 2740. The second-order valence-corrected chi connectivity index (χ2v) is 20.4. The fourth-order valence-corrected chi connectivity index (χ4v) is 9.37. The quantitative estimate of drug-likeness (QED) is 0.0475. The standard InChI is InChI=1S/C50H58F10N10O8/c1-47(2,49(55,56)57)40(64-46(75)76-6)42(72)63-37(15-26-7-9-27(10-8-26)28-11-12-39(62-19-28)67-20-30-18-31(21-67)70(30)32-24-77-25-32)38(71)23-68(66-43(73)41(78-45(74)61-5)48(3,4)50(58,59)60)22-33-34(51)16-29(17-35(33)52)36-13-14-69(65-36)44(53)54/h7-14,16-17,19,30-32,37-38,40-41,44,71H,15,18,20-25H2,1-6H3,(H,61,74)(H,63,72)(H,64,75)(H,66,73)/t30-,31-,37-,38-,40+,41+/m0/s1. The number of alkyl carbamates (subject to hydrolysis) is 2. The molecular weight excluding hydrogens is 1060 g/mol. The number of hydrazine groups is 1. The minimum absolute atomic E-state index is 0.200. The Labute approximate surface area is 440 Å². The van der Waals surface area contributed by atoms with Crippen LogP contribution in [0, 0.1) is 22.5 Å². The van der Waals surface area contributed by atoms with Crippen molar-refractivity contribution in [3.8, 4) is 22.4 Å². The van der Waals surface area contributed by atoms with Crippen molar-refractivity contribution in [3.05, 3.63) is 89.8 Å². The van der Waals surface area contributed by atoms with Crippen molar-refractivity contribution in [2.24, 2.45) is 10.8 Å². The molecule has 18 nitrogen and oxygen atoms in total. The van der Waals surface area contributed by atoms with Gasteiger partial charge >= 0.3 is 31.1 Å². The van der Waals surface area contributed by atoms with Gasteiger partial charge in [0.05, 0.1) is 49.6 Å². The first-order valence-electron chi connectivity index (χ1n) is 24.4. The van der Waals surface area contributed by atoms with Gasteiger partial charge in [-0.2, -0.15) is 40.2 Å². The molecular formula is C50H58F10N10O8. The van der Waals surface area contributed by atoms with Crippen LogP contribution in [-0.2, 0) is 36.8 Å². The highest BCUT2D eigenvalue weighted by atomic mass is 19.4. The Kier molecular flexibility index (Phi) is 17.6. The number of benzene rings is 2. The van der Waals surface area contributed by atoms with E-state index in [1.807, 2.05) is 28.2 Å². The van der Waals surface area contributed by atoms with E-state index in [2.05, 4.69) is 25.0 Å². The second kappa shape index (κ2) is 23.3. The zero-order valence-electron chi connectivity index (χ0n) is 42.9. The van der Waals surface area contributed by atoms with Gasteiger partial charge in [0.25, 0.3) is 5.91 Å². The summed E-state index contributed by atoms with van der Waals surface area (Å²) in [5.41, 5.74) is -4.17. The number of pyridine rings is 1. The number of rotatable bonds is 20. The Morgan fingerprint density at radius 1 is 0.821 bits per heavy atom. The van der Waals surface area contributed by atoms with E-state index in [1.54, 1.807) is 30.5 Å². The first-order chi connectivity index (χ1) is 36.5. The third-order valence-corrected chi connectivity index (χ3v) is 14.4. The number of hydrogen-bond donors (Lipinski definition) is 5. The number of ether oxygens (including phenoxy) is 3. The third-order valence-electron chi connectivity index (χ3n) is 14.4. The lowest BCUT2D eigenvalue weighted by atomic mass is 9.82. The maximum absolute atomic E-state index is 16.0. The van der Waals surface area contributed by atoms with Gasteiger partial charge in [-0.3, -0.25) is 19.9 Å². The number of piperazine rings is 1. The number of hydrogen-bond acceptors (Lipinski definition) is 13. The van der Waals surface area contributed by atoms with Crippen LogP contribution in [0.2, 0.25) is 0 Å². The van der Waals surface area contributed by atoms with Crippen molar-refractivity contribution in [2.75, 3.05) is 51.9 Å². The number of halogens is 10. The lowest BCUT2D eigenvalue weighted by Gasteiger charge is -2.60. The number of anilines is 1. The number of aliphatic hydroxyl groups excluding tert-OH is 1. The largest absolute Gasteiger partial charge is 0.453 e. The molecule has 6 atom stereocenters. The Morgan fingerprint density at radius 3 is 1.95 bits per heavy atom. The Balaban J connectivity index is 1.20. The van der Waals surface area contributed by atoms with E-state index in [-0.39, 0.29) is 15.9 Å². The fraction of sp³-hybridized carbons (Fsp3) is 0.520. The molecule has 2 aromatic heterocycles. The Hall–Kier alpha value is -6.78. The van der Waals surface area contributed by atoms with Crippen LogP contribution in [0.1, 0.15) is 51.8 Å². The van der Waals surface area contributed by atoms with E-state index < -0.39 is 115 Å². The SMILES string of the molecule is CNC(=O)O[C@H](C(=O)NN(Cc1c(F)cc(-c2ccn(C(F)F)n2)cc1F)C[C@H](O)[C@H](Cc1ccc(-c2ccc(N3C[C@@H]4C[C@@H](C3)N4C3COC3)nc2)cc1)NC(=O)[C@@H](NC(=O)OC)C(C)(C)C(F)(F)F)C(C)(C)C(F)(F)F. The van der Waals surface area contributed by atoms with Gasteiger partial charge < -0.3 is 40.2 Å². The number of piperidine rings is 1. The highest BCUT2D eigenvalue weighted by Crippen LogP contribution is 2.43. The summed E-state index contributed by atoms with van der Waals surface area (Å²) < 4.78 is 161. The lowest BCUT2D eigenvalue weighted by Crippen LogP contribution is -2.74. The van der Waals surface area contributed by atoms with Gasteiger partial charge in [-0.25, -0.2) is 33.0 Å². The van der Waals surface area contributed by atoms with Crippen LogP contribution < -0.4 is 26.3 Å². The van der Waals surface area contributed by atoms with Crippen molar-refractivity contribution in [3.63, 3.8) is 0 Å². The number of aromatic nitrogens is 3. The number of nitrogens with one attached hydrogen (secondary N) is 4. The molecule has 4 aromatic rings. The number of alkyl halides is 8. The molecule has 0 spiro atoms. The van der Waals surface area contributed by atoms with Gasteiger partial charge in [-0.1, -0.05) is 24.3 Å². The molecule has 5 N–H and O–H groups in total. The van der Waals surface area contributed by atoms with Crippen LogP contribution in [0.5, 0.6) is 0 Å². The lowest BCUT2D eigenvalue weighted by molar-refractivity contribution is -0.239. The van der Waals surface area contributed by atoms with E-state index in [0.717, 1.165) is 65.0 Å². The summed E-state index contributed by atoms with van der Waals surface area (Å²) in [6.07, 6.45) is -15.1. The monoisotopic (exact) mass is 1120 g/mol. The molecule has 4 fully saturated rings. The molecule has 78 heavy (non-hydrogen) atoms. The van der Waals surface area contributed by atoms with Gasteiger partial charge in [0.1, 0.15) is 28.9 Å². The smallest absolute Gasteiger partial charge is 0.407 e. The van der Waals surface area contributed by atoms with Crippen molar-refractivity contribution in [2.45, 2.75) is 108 Å². The molecule has 4 saturated heterocycles. The molecule has 4 aliphatic rings. The average Bonchev–Trinajstić information content (AvgIpc) is 3.98. The van der Waals surface area contributed by atoms with Crippen LogP contribution >= 0.6 is 0 Å². The van der Waals surface area contributed by atoms with E-state index in [9.17, 15) is 59.4 Å². The zero-order valence-corrected chi connectivity index (χ0v) is 42.9. The van der Waals surface area contributed by atoms with Gasteiger partial charge in [-0.05, 0) is 82.0 Å². The van der Waals surface area contributed by atoms with Crippen LogP contribution in [-0.4, -0.2) is 156 Å². The number of carbonyl (C=O) groups excluding carboxylic acids is 4. The summed E-state index contributed by atoms with van der Waals surface area (Å²) in [5, 5.41) is 22.2. The maximum Gasteiger partial charge on any atom is 0.407 e. The van der Waals surface area contributed by atoms with E-state index in [1.165, 1.54) is 0 Å². The number of amides is 4. The molecule has 0 unspecified atom stereocenters. The molecule has 28 heteroatoms. The van der Waals surface area contributed by atoms with E-state index in [4.69, 9.17) is 14.5 Å². The normalized spacial score (nSPS) is 18.8. The summed E-state index contributed by atoms with van der Waals surface area (Å²) in [6, 6.07) is 9.51. The predicted octanol–water partition coefficient (Wildman–Crippen LogP) is 6.49. The van der Waals surface area contributed by atoms with Crippen LogP contribution in [0.25, 0.3) is 22.4 Å². The summed E-state index contributed by atoms with van der Waals surface area (Å²) in [5.74, 6) is -5.35. The first-order valence-corrected chi connectivity index (χ1v) is 24.4. The molecule has 0 radical (unpaired) electrons. The second-order valence-electron chi connectivity index (χ2n) is 20.4. The van der Waals surface area contributed by atoms with Crippen LogP contribution in [0.4, 0.5) is 59.3 Å². The fourth-order valence-electron chi connectivity index (χ4n) is 9.37. The van der Waals surface area contributed by atoms with Gasteiger partial charge in [0.15, 0.2) is 6.10 Å². The minimum atomic E-state index is -5.26. The summed E-state index contributed by atoms with van der Waals surface area (Å²) in [4.78, 5) is 62.3. The van der Waals surface area contributed by atoms with Crippen LogP contribution in [0.15, 0.2) is 67.0 Å². The number of carbonyl (C=O) groups is 4. The predicted molar refractivity (Wildman–Crippen MR) is 258 cm³/mol. The molecule has 426 valence electrons. The molecule has 2 aromatic carbocycles. The molecule has 6 heterocycles. The highest BCUT2D eigenvalue weighted by molar-refractivity contribution is 5.87. The highest BCUT2D eigenvalue weighted by Gasteiger charge is 2.58. The van der Waals surface area contributed by atoms with Crippen molar-refractivity contribution in [1.29, 1.82) is 0 Å². The summed E-state index contributed by atoms with van der Waals surface area (Å²) in [6.45, 7) is -0.116. The molecule has 4 aliphatic heterocycles. The average molecular weight is 1120 g/mol. The number of aliphatic hydroxyl groups is 1. The third kappa shape index (κ3) is 12.9. The van der Waals surface area contributed by atoms with Crippen LogP contribution in [0.3, 0.4) is 0 Å². The molecule has 0 aliphatic carbocycles. The zero-order chi connectivity index (χ0) is 57.2. The minimum Gasteiger partial charge on any atom is -0.453 e. The van der Waals surface area contributed by atoms with Gasteiger partial charge in [-0.15, -0.1) is 0 Å². The maximum atomic E-state index is 16.0. The van der Waals surface area contributed by atoms with Crippen molar-refractivity contribution < 1.29 is 82.4 Å². The number of nitrogens with zero attached hydrogens (tertiary/aromatic N) is 6. The van der Waals surface area contributed by atoms with E-state index in [0.29, 0.717) is 79.7 Å². The van der Waals surface area contributed by atoms with Gasteiger partial charge in [0, 0.05) is 74.4 Å². The molecule has 4 amide bonds. The Morgan fingerprint density at radius 2 is 1.44 bits per heavy atom. The summed E-state index contributed by atoms with van der Waals surface area (Å²) >= 11 is 0. The van der Waals surface area contributed by atoms with Gasteiger partial charge in [0.2, 0.25) is 5.91 Å². The number of fused-ring (bicyclic) bond motifs is 2. The summed E-state index contributed by atoms with van der Waals surface area (Å²) in [7, 11) is 1.80. The van der Waals surface area contributed by atoms with E-state index >= 15 is 8.78 Å². The molecule has 2 bridgehead atoms. The molecule has 8 rings (SSSR count). The van der Waals surface area contributed by atoms with Crippen molar-refractivity contribution in [1.82, 2.24) is 46.0 Å². The first kappa shape index (κ1) is 58.9.